The lowest BCUT2D eigenvalue weighted by atomic mass is 9.69. The number of rotatable bonds is 1. The average Bonchev–Trinajstić information content (AvgIpc) is 3.03. The van der Waals surface area contributed by atoms with Crippen LogP contribution in [0.1, 0.15) is 26.7 Å². The summed E-state index contributed by atoms with van der Waals surface area (Å²) in [7, 11) is 0. The van der Waals surface area contributed by atoms with Crippen molar-refractivity contribution < 1.29 is 14.3 Å². The maximum Gasteiger partial charge on any atom is 0.242 e. The van der Waals surface area contributed by atoms with Crippen LogP contribution in [0.5, 0.6) is 0 Å². The SMILES string of the molecule is C[C@]12CC[C@@](C)(O1)[C@H]1C(=O)N(c3nccs3)C(=O)[C@@H]12. The molecule has 3 aliphatic heterocycles. The summed E-state index contributed by atoms with van der Waals surface area (Å²) >= 11 is 1.32. The van der Waals surface area contributed by atoms with Crippen molar-refractivity contribution in [1.29, 1.82) is 0 Å². The largest absolute Gasteiger partial charge is 0.367 e. The van der Waals surface area contributed by atoms with E-state index in [4.69, 9.17) is 4.74 Å². The molecule has 6 heteroatoms. The Labute approximate surface area is 114 Å². The molecule has 4 rings (SSSR count). The second-order valence-corrected chi connectivity index (χ2v) is 6.88. The molecule has 4 atom stereocenters. The molecule has 100 valence electrons. The Balaban J connectivity index is 1.83. The number of hydrogen-bond donors (Lipinski definition) is 0. The first-order chi connectivity index (χ1) is 8.96. The van der Waals surface area contributed by atoms with E-state index in [-0.39, 0.29) is 23.7 Å². The van der Waals surface area contributed by atoms with Crippen LogP contribution >= 0.6 is 11.3 Å². The molecule has 0 spiro atoms. The zero-order valence-electron chi connectivity index (χ0n) is 10.8. The number of carbonyl (C=O) groups excluding carboxylic acids is 2. The fraction of sp³-hybridized carbons (Fsp3) is 0.615. The minimum atomic E-state index is -0.488. The molecule has 2 amide bonds. The van der Waals surface area contributed by atoms with Gasteiger partial charge in [-0.1, -0.05) is 0 Å². The Morgan fingerprint density at radius 2 is 1.84 bits per heavy atom. The van der Waals surface area contributed by atoms with Gasteiger partial charge in [-0.05, 0) is 26.7 Å². The first kappa shape index (κ1) is 11.5. The number of hydrogen-bond acceptors (Lipinski definition) is 5. The van der Waals surface area contributed by atoms with Gasteiger partial charge in [0, 0.05) is 11.6 Å². The van der Waals surface area contributed by atoms with E-state index in [0.29, 0.717) is 5.13 Å². The zero-order chi connectivity index (χ0) is 13.4. The van der Waals surface area contributed by atoms with E-state index in [1.165, 1.54) is 16.2 Å². The predicted molar refractivity (Wildman–Crippen MR) is 68.7 cm³/mol. The molecule has 0 saturated carbocycles. The van der Waals surface area contributed by atoms with Crippen LogP contribution in [0, 0.1) is 11.8 Å². The number of ether oxygens (including phenoxy) is 1. The minimum Gasteiger partial charge on any atom is -0.367 e. The van der Waals surface area contributed by atoms with Crippen LogP contribution in [-0.4, -0.2) is 28.0 Å². The monoisotopic (exact) mass is 278 g/mol. The van der Waals surface area contributed by atoms with Crippen LogP contribution in [0.25, 0.3) is 0 Å². The van der Waals surface area contributed by atoms with Crippen LogP contribution in [0.2, 0.25) is 0 Å². The number of aromatic nitrogens is 1. The molecular weight excluding hydrogens is 264 g/mol. The molecule has 4 heterocycles. The van der Waals surface area contributed by atoms with Crippen LogP contribution in [0.15, 0.2) is 11.6 Å². The van der Waals surface area contributed by atoms with Gasteiger partial charge < -0.3 is 4.74 Å². The molecule has 19 heavy (non-hydrogen) atoms. The van der Waals surface area contributed by atoms with Crippen molar-refractivity contribution in [2.45, 2.75) is 37.9 Å². The van der Waals surface area contributed by atoms with Crippen molar-refractivity contribution in [3.63, 3.8) is 0 Å². The lowest BCUT2D eigenvalue weighted by Gasteiger charge is -2.27. The van der Waals surface area contributed by atoms with Crippen LogP contribution < -0.4 is 4.90 Å². The van der Waals surface area contributed by atoms with Crippen molar-refractivity contribution in [3.8, 4) is 0 Å². The van der Waals surface area contributed by atoms with E-state index in [0.717, 1.165) is 12.8 Å². The summed E-state index contributed by atoms with van der Waals surface area (Å²) in [5.74, 6) is -0.975. The summed E-state index contributed by atoms with van der Waals surface area (Å²) in [6, 6.07) is 0. The third-order valence-electron chi connectivity index (χ3n) is 4.82. The first-order valence-electron chi connectivity index (χ1n) is 6.44. The topological polar surface area (TPSA) is 59.5 Å². The molecule has 1 aromatic rings. The molecule has 5 nitrogen and oxygen atoms in total. The van der Waals surface area contributed by atoms with Crippen molar-refractivity contribution in [1.82, 2.24) is 4.98 Å². The van der Waals surface area contributed by atoms with Crippen molar-refractivity contribution in [2.75, 3.05) is 4.90 Å². The zero-order valence-corrected chi connectivity index (χ0v) is 11.6. The fourth-order valence-electron chi connectivity index (χ4n) is 3.98. The van der Waals surface area contributed by atoms with Gasteiger partial charge in [0.2, 0.25) is 11.8 Å². The Bertz CT molecular complexity index is 553. The standard InChI is InChI=1S/C13H14N2O3S/c1-12-3-4-13(2,18-12)8-7(12)9(16)15(10(8)17)11-14-5-6-19-11/h5-8H,3-4H2,1-2H3/t7-,8-,12-,13-/m1/s1. The van der Waals surface area contributed by atoms with Crippen molar-refractivity contribution in [2.24, 2.45) is 11.8 Å². The molecular formula is C13H14N2O3S. The molecule has 0 unspecified atom stereocenters. The summed E-state index contributed by atoms with van der Waals surface area (Å²) in [6.45, 7) is 3.92. The third-order valence-corrected chi connectivity index (χ3v) is 5.57. The number of amides is 2. The summed E-state index contributed by atoms with van der Waals surface area (Å²) < 4.78 is 6.04. The van der Waals surface area contributed by atoms with E-state index in [2.05, 4.69) is 4.98 Å². The van der Waals surface area contributed by atoms with E-state index < -0.39 is 11.2 Å². The number of imide groups is 1. The van der Waals surface area contributed by atoms with Gasteiger partial charge in [-0.25, -0.2) is 9.88 Å². The van der Waals surface area contributed by atoms with Gasteiger partial charge in [0.05, 0.1) is 23.0 Å². The molecule has 0 radical (unpaired) electrons. The molecule has 3 fully saturated rings. The number of carbonyl (C=O) groups is 2. The normalized spacial score (nSPS) is 44.2. The lowest BCUT2D eigenvalue weighted by Crippen LogP contribution is -2.40. The Morgan fingerprint density at radius 1 is 1.26 bits per heavy atom. The van der Waals surface area contributed by atoms with E-state index in [1.807, 2.05) is 13.8 Å². The summed E-state index contributed by atoms with van der Waals surface area (Å²) in [5, 5.41) is 2.26. The predicted octanol–water partition coefficient (Wildman–Crippen LogP) is 1.59. The highest BCUT2D eigenvalue weighted by molar-refractivity contribution is 7.14. The number of fused-ring (bicyclic) bond motifs is 5. The smallest absolute Gasteiger partial charge is 0.242 e. The Kier molecular flexibility index (Phi) is 1.97. The molecule has 2 bridgehead atoms. The maximum absolute atomic E-state index is 12.6. The number of nitrogens with zero attached hydrogens (tertiary/aromatic N) is 2. The lowest BCUT2D eigenvalue weighted by molar-refractivity contribution is -0.129. The Hall–Kier alpha value is -1.27. The quantitative estimate of drug-likeness (QED) is 0.732. The van der Waals surface area contributed by atoms with E-state index in [9.17, 15) is 9.59 Å². The average molecular weight is 278 g/mol. The maximum atomic E-state index is 12.6. The third kappa shape index (κ3) is 1.21. The van der Waals surface area contributed by atoms with Gasteiger partial charge in [0.15, 0.2) is 5.13 Å². The molecule has 0 aliphatic carbocycles. The molecule has 3 aliphatic rings. The Morgan fingerprint density at radius 3 is 2.32 bits per heavy atom. The second kappa shape index (κ2) is 3.24. The van der Waals surface area contributed by atoms with Gasteiger partial charge in [0.25, 0.3) is 0 Å². The second-order valence-electron chi connectivity index (χ2n) is 6.01. The van der Waals surface area contributed by atoms with Crippen LogP contribution in [-0.2, 0) is 14.3 Å². The van der Waals surface area contributed by atoms with Gasteiger partial charge in [0.1, 0.15) is 0 Å². The van der Waals surface area contributed by atoms with Gasteiger partial charge in [-0.3, -0.25) is 9.59 Å². The first-order valence-corrected chi connectivity index (χ1v) is 7.32. The van der Waals surface area contributed by atoms with Crippen molar-refractivity contribution >= 4 is 28.3 Å². The minimum absolute atomic E-state index is 0.143. The van der Waals surface area contributed by atoms with Crippen LogP contribution in [0.4, 0.5) is 5.13 Å². The molecule has 3 saturated heterocycles. The highest BCUT2D eigenvalue weighted by Gasteiger charge is 2.72. The molecule has 1 aromatic heterocycles. The highest BCUT2D eigenvalue weighted by atomic mass is 32.1. The van der Waals surface area contributed by atoms with E-state index >= 15 is 0 Å². The fourth-order valence-corrected chi connectivity index (χ4v) is 4.63. The van der Waals surface area contributed by atoms with Gasteiger partial charge >= 0.3 is 0 Å². The van der Waals surface area contributed by atoms with Gasteiger partial charge in [-0.2, -0.15) is 0 Å². The summed E-state index contributed by atoms with van der Waals surface area (Å²) in [4.78, 5) is 30.6. The number of anilines is 1. The summed E-state index contributed by atoms with van der Waals surface area (Å²) in [6.07, 6.45) is 3.30. The van der Waals surface area contributed by atoms with E-state index in [1.54, 1.807) is 11.6 Å². The molecule has 0 aromatic carbocycles. The summed E-state index contributed by atoms with van der Waals surface area (Å²) in [5.41, 5.74) is -0.976. The van der Waals surface area contributed by atoms with Crippen LogP contribution in [0.3, 0.4) is 0 Å². The highest BCUT2D eigenvalue weighted by Crippen LogP contribution is 2.60. The van der Waals surface area contributed by atoms with Gasteiger partial charge in [-0.15, -0.1) is 11.3 Å². The number of thiazole rings is 1. The molecule has 0 N–H and O–H groups in total. The van der Waals surface area contributed by atoms with Crippen molar-refractivity contribution in [3.05, 3.63) is 11.6 Å².